The van der Waals surface area contributed by atoms with Gasteiger partial charge in [0.1, 0.15) is 4.90 Å². The normalized spacial score (nSPS) is 16.2. The quantitative estimate of drug-likeness (QED) is 0.784. The summed E-state index contributed by atoms with van der Waals surface area (Å²) < 4.78 is 37.9. The zero-order valence-corrected chi connectivity index (χ0v) is 14.5. The maximum Gasteiger partial charge on any atom is 0.328 e. The van der Waals surface area contributed by atoms with Crippen molar-refractivity contribution in [2.75, 3.05) is 27.3 Å². The molecule has 0 aliphatic carbocycles. The van der Waals surface area contributed by atoms with Crippen LogP contribution in [0.1, 0.15) is 24.8 Å². The lowest BCUT2D eigenvalue weighted by molar-refractivity contribution is -0.131. The standard InChI is InChI=1S/C16H21NO6S/c1-22-13-10-12(6-7-15(18)19)11-14(16(13)23-2)24(20,21)17-8-4-3-5-9-17/h6-7,10-11H,3-5,8-9H2,1-2H3,(H,18,19). The van der Waals surface area contributed by atoms with Gasteiger partial charge in [-0.2, -0.15) is 4.31 Å². The number of hydrogen-bond acceptors (Lipinski definition) is 5. The smallest absolute Gasteiger partial charge is 0.328 e. The highest BCUT2D eigenvalue weighted by Crippen LogP contribution is 2.38. The number of ether oxygens (including phenoxy) is 2. The van der Waals surface area contributed by atoms with Crippen molar-refractivity contribution >= 4 is 22.1 Å². The maximum absolute atomic E-state index is 13.0. The van der Waals surface area contributed by atoms with Crippen LogP contribution in [0.5, 0.6) is 11.5 Å². The average molecular weight is 355 g/mol. The summed E-state index contributed by atoms with van der Waals surface area (Å²) in [5.74, 6) is -0.763. The number of piperidine rings is 1. The molecule has 1 saturated heterocycles. The van der Waals surface area contributed by atoms with Gasteiger partial charge in [0.2, 0.25) is 10.0 Å². The molecule has 0 radical (unpaired) electrons. The van der Waals surface area contributed by atoms with Gasteiger partial charge in [-0.25, -0.2) is 13.2 Å². The lowest BCUT2D eigenvalue weighted by atomic mass is 10.2. The second-order valence-corrected chi connectivity index (χ2v) is 7.30. The van der Waals surface area contributed by atoms with Gasteiger partial charge in [0, 0.05) is 19.2 Å². The van der Waals surface area contributed by atoms with E-state index in [1.807, 2.05) is 0 Å². The van der Waals surface area contributed by atoms with Crippen LogP contribution in [0.3, 0.4) is 0 Å². The van der Waals surface area contributed by atoms with Crippen molar-refractivity contribution < 1.29 is 27.8 Å². The summed E-state index contributed by atoms with van der Waals surface area (Å²) in [7, 11) is -0.974. The van der Waals surface area contributed by atoms with Gasteiger partial charge in [-0.15, -0.1) is 0 Å². The van der Waals surface area contributed by atoms with Crippen LogP contribution in [0, 0.1) is 0 Å². The molecular formula is C16H21NO6S. The number of carbonyl (C=O) groups is 1. The number of hydrogen-bond donors (Lipinski definition) is 1. The number of rotatable bonds is 6. The van der Waals surface area contributed by atoms with Crippen molar-refractivity contribution in [1.29, 1.82) is 0 Å². The fraction of sp³-hybridized carbons (Fsp3) is 0.438. The lowest BCUT2D eigenvalue weighted by Gasteiger charge is -2.27. The Morgan fingerprint density at radius 3 is 2.38 bits per heavy atom. The maximum atomic E-state index is 13.0. The first kappa shape index (κ1) is 18.3. The number of carboxylic acid groups (broad SMARTS) is 1. The van der Waals surface area contributed by atoms with E-state index in [1.54, 1.807) is 0 Å². The minimum atomic E-state index is -3.75. The highest BCUT2D eigenvalue weighted by atomic mass is 32.2. The van der Waals surface area contributed by atoms with Crippen molar-refractivity contribution in [3.63, 3.8) is 0 Å². The van der Waals surface area contributed by atoms with Crippen molar-refractivity contribution in [2.24, 2.45) is 0 Å². The van der Waals surface area contributed by atoms with Crippen molar-refractivity contribution in [2.45, 2.75) is 24.2 Å². The van der Waals surface area contributed by atoms with E-state index < -0.39 is 16.0 Å². The summed E-state index contributed by atoms with van der Waals surface area (Å²) in [6, 6.07) is 2.94. The van der Waals surface area contributed by atoms with E-state index in [0.717, 1.165) is 25.3 Å². The van der Waals surface area contributed by atoms with Crippen molar-refractivity contribution in [3.8, 4) is 11.5 Å². The van der Waals surface area contributed by atoms with E-state index >= 15 is 0 Å². The molecule has 2 rings (SSSR count). The molecule has 7 nitrogen and oxygen atoms in total. The molecule has 0 atom stereocenters. The van der Waals surface area contributed by atoms with Crippen LogP contribution < -0.4 is 9.47 Å². The van der Waals surface area contributed by atoms with Crippen LogP contribution in [0.4, 0.5) is 0 Å². The van der Waals surface area contributed by atoms with Gasteiger partial charge < -0.3 is 14.6 Å². The van der Waals surface area contributed by atoms with Gasteiger partial charge in [0.25, 0.3) is 0 Å². The van der Waals surface area contributed by atoms with E-state index in [4.69, 9.17) is 14.6 Å². The van der Waals surface area contributed by atoms with Crippen molar-refractivity contribution in [3.05, 3.63) is 23.8 Å². The van der Waals surface area contributed by atoms with E-state index in [1.165, 1.54) is 36.7 Å². The molecule has 1 aliphatic rings. The molecule has 1 heterocycles. The molecule has 1 fully saturated rings. The Morgan fingerprint density at radius 1 is 1.17 bits per heavy atom. The fourth-order valence-corrected chi connectivity index (χ4v) is 4.37. The highest BCUT2D eigenvalue weighted by molar-refractivity contribution is 7.89. The number of nitrogens with zero attached hydrogens (tertiary/aromatic N) is 1. The molecule has 1 aliphatic heterocycles. The first-order valence-electron chi connectivity index (χ1n) is 7.57. The zero-order chi connectivity index (χ0) is 17.7. The van der Waals surface area contributed by atoms with Crippen LogP contribution in [0.25, 0.3) is 6.08 Å². The SMILES string of the molecule is COc1cc(C=CC(=O)O)cc(S(=O)(=O)N2CCCCC2)c1OC. The Kier molecular flexibility index (Phi) is 5.84. The topological polar surface area (TPSA) is 93.1 Å². The summed E-state index contributed by atoms with van der Waals surface area (Å²) >= 11 is 0. The summed E-state index contributed by atoms with van der Waals surface area (Å²) in [5, 5.41) is 8.77. The summed E-state index contributed by atoms with van der Waals surface area (Å²) in [4.78, 5) is 10.7. The Bertz CT molecular complexity index is 735. The van der Waals surface area contributed by atoms with Gasteiger partial charge in [-0.05, 0) is 36.6 Å². The Morgan fingerprint density at radius 2 is 1.83 bits per heavy atom. The monoisotopic (exact) mass is 355 g/mol. The van der Waals surface area contributed by atoms with Gasteiger partial charge in [-0.3, -0.25) is 0 Å². The summed E-state index contributed by atoms with van der Waals surface area (Å²) in [5.41, 5.74) is 0.408. The van der Waals surface area contributed by atoms with Crippen LogP contribution >= 0.6 is 0 Å². The van der Waals surface area contributed by atoms with Crippen LogP contribution in [-0.4, -0.2) is 51.1 Å². The number of carboxylic acids is 1. The molecule has 1 aromatic carbocycles. The molecule has 0 aromatic heterocycles. The molecule has 0 bridgehead atoms. The van der Waals surface area contributed by atoms with Crippen LogP contribution in [-0.2, 0) is 14.8 Å². The molecular weight excluding hydrogens is 334 g/mol. The molecule has 1 aromatic rings. The average Bonchev–Trinajstić information content (AvgIpc) is 2.59. The first-order chi connectivity index (χ1) is 11.4. The Hall–Kier alpha value is -2.06. The second kappa shape index (κ2) is 7.67. The van der Waals surface area contributed by atoms with Crippen LogP contribution in [0.15, 0.2) is 23.1 Å². The third-order valence-corrected chi connectivity index (χ3v) is 5.72. The lowest BCUT2D eigenvalue weighted by Crippen LogP contribution is -2.35. The van der Waals surface area contributed by atoms with Gasteiger partial charge in [0.15, 0.2) is 11.5 Å². The predicted molar refractivity (Wildman–Crippen MR) is 88.8 cm³/mol. The predicted octanol–water partition coefficient (Wildman–Crippen LogP) is 1.98. The minimum absolute atomic E-state index is 0.0173. The second-order valence-electron chi connectivity index (χ2n) is 5.39. The first-order valence-corrected chi connectivity index (χ1v) is 9.01. The zero-order valence-electron chi connectivity index (χ0n) is 13.7. The van der Waals surface area contributed by atoms with Crippen molar-refractivity contribution in [1.82, 2.24) is 4.31 Å². The highest BCUT2D eigenvalue weighted by Gasteiger charge is 2.30. The molecule has 0 saturated carbocycles. The molecule has 24 heavy (non-hydrogen) atoms. The molecule has 0 amide bonds. The summed E-state index contributed by atoms with van der Waals surface area (Å²) in [6.07, 6.45) is 4.90. The van der Waals surface area contributed by atoms with E-state index in [9.17, 15) is 13.2 Å². The molecule has 1 N–H and O–H groups in total. The third-order valence-electron chi connectivity index (χ3n) is 3.82. The third kappa shape index (κ3) is 3.88. The molecule has 0 spiro atoms. The van der Waals surface area contributed by atoms with E-state index in [-0.39, 0.29) is 16.4 Å². The fourth-order valence-electron chi connectivity index (χ4n) is 2.65. The Labute approximate surface area is 141 Å². The number of sulfonamides is 1. The van der Waals surface area contributed by atoms with Crippen LogP contribution in [0.2, 0.25) is 0 Å². The van der Waals surface area contributed by atoms with E-state index in [0.29, 0.717) is 18.7 Å². The summed E-state index contributed by atoms with van der Waals surface area (Å²) in [6.45, 7) is 0.923. The minimum Gasteiger partial charge on any atom is -0.493 e. The Balaban J connectivity index is 2.56. The van der Waals surface area contributed by atoms with Gasteiger partial charge in [-0.1, -0.05) is 6.42 Å². The number of benzene rings is 1. The van der Waals surface area contributed by atoms with E-state index in [2.05, 4.69) is 0 Å². The number of aliphatic carboxylic acids is 1. The largest absolute Gasteiger partial charge is 0.493 e. The molecule has 8 heteroatoms. The van der Waals surface area contributed by atoms with Gasteiger partial charge in [0.05, 0.1) is 14.2 Å². The van der Waals surface area contributed by atoms with Gasteiger partial charge >= 0.3 is 5.97 Å². The molecule has 0 unspecified atom stereocenters. The molecule has 132 valence electrons. The number of methoxy groups -OCH3 is 2.